The molecule has 0 aliphatic rings. The molecule has 1 rings (SSSR count). The van der Waals surface area contributed by atoms with Crippen molar-refractivity contribution in [2.45, 2.75) is 38.6 Å². The molecule has 0 amide bonds. The van der Waals surface area contributed by atoms with Crippen molar-refractivity contribution in [3.05, 3.63) is 27.7 Å². The van der Waals surface area contributed by atoms with Crippen LogP contribution in [0.4, 0.5) is 0 Å². The van der Waals surface area contributed by atoms with Crippen LogP contribution in [0.2, 0.25) is 0 Å². The SMILES string of the molecule is Cc1cc(CN)cc(S(=O)(=O)N(C)CCC(C)C)c1Br. The van der Waals surface area contributed by atoms with Crippen molar-refractivity contribution in [3.63, 3.8) is 0 Å². The van der Waals surface area contributed by atoms with E-state index in [0.29, 0.717) is 28.4 Å². The molecule has 1 aromatic rings. The van der Waals surface area contributed by atoms with E-state index in [4.69, 9.17) is 5.73 Å². The molecular weight excluding hydrogens is 340 g/mol. The van der Waals surface area contributed by atoms with E-state index in [1.165, 1.54) is 4.31 Å². The molecule has 0 bridgehead atoms. The van der Waals surface area contributed by atoms with Gasteiger partial charge in [-0.3, -0.25) is 0 Å². The van der Waals surface area contributed by atoms with Gasteiger partial charge in [-0.2, -0.15) is 0 Å². The Morgan fingerprint density at radius 2 is 1.95 bits per heavy atom. The van der Waals surface area contributed by atoms with Gasteiger partial charge in [0.1, 0.15) is 0 Å². The van der Waals surface area contributed by atoms with Crippen LogP contribution in [0.15, 0.2) is 21.5 Å². The lowest BCUT2D eigenvalue weighted by Crippen LogP contribution is -2.29. The van der Waals surface area contributed by atoms with Gasteiger partial charge >= 0.3 is 0 Å². The number of halogens is 1. The molecule has 0 saturated carbocycles. The first kappa shape index (κ1) is 17.6. The molecular formula is C14H23BrN2O2S. The van der Waals surface area contributed by atoms with Crippen molar-refractivity contribution in [1.29, 1.82) is 0 Å². The summed E-state index contributed by atoms with van der Waals surface area (Å²) in [5.74, 6) is 0.466. The number of nitrogens with two attached hydrogens (primary N) is 1. The number of nitrogens with zero attached hydrogens (tertiary/aromatic N) is 1. The predicted octanol–water partition coefficient (Wildman–Crippen LogP) is 2.88. The summed E-state index contributed by atoms with van der Waals surface area (Å²) in [6.07, 6.45) is 0.836. The van der Waals surface area contributed by atoms with Gasteiger partial charge in [0.25, 0.3) is 0 Å². The zero-order valence-corrected chi connectivity index (χ0v) is 14.9. The minimum atomic E-state index is -3.49. The zero-order chi connectivity index (χ0) is 15.5. The first-order valence-electron chi connectivity index (χ1n) is 6.65. The summed E-state index contributed by atoms with van der Waals surface area (Å²) < 4.78 is 27.3. The molecule has 0 aliphatic carbocycles. The maximum absolute atomic E-state index is 12.6. The lowest BCUT2D eigenvalue weighted by Gasteiger charge is -2.20. The van der Waals surface area contributed by atoms with Crippen LogP contribution in [0, 0.1) is 12.8 Å². The Balaban J connectivity index is 3.18. The van der Waals surface area contributed by atoms with E-state index in [0.717, 1.165) is 17.5 Å². The zero-order valence-electron chi connectivity index (χ0n) is 12.5. The third kappa shape index (κ3) is 4.04. The number of rotatable bonds is 6. The highest BCUT2D eigenvalue weighted by Crippen LogP contribution is 2.29. The van der Waals surface area contributed by atoms with Gasteiger partial charge in [0.15, 0.2) is 0 Å². The van der Waals surface area contributed by atoms with Crippen molar-refractivity contribution < 1.29 is 8.42 Å². The van der Waals surface area contributed by atoms with E-state index >= 15 is 0 Å². The smallest absolute Gasteiger partial charge is 0.243 e. The predicted molar refractivity (Wildman–Crippen MR) is 86.0 cm³/mol. The second-order valence-corrected chi connectivity index (χ2v) is 8.24. The molecule has 0 radical (unpaired) electrons. The van der Waals surface area contributed by atoms with E-state index in [1.807, 2.05) is 13.0 Å². The van der Waals surface area contributed by atoms with Crippen LogP contribution in [0.1, 0.15) is 31.4 Å². The van der Waals surface area contributed by atoms with Gasteiger partial charge in [0.2, 0.25) is 10.0 Å². The van der Waals surface area contributed by atoms with Gasteiger partial charge in [-0.1, -0.05) is 19.9 Å². The van der Waals surface area contributed by atoms with Crippen LogP contribution in [-0.2, 0) is 16.6 Å². The molecule has 0 saturated heterocycles. The summed E-state index contributed by atoms with van der Waals surface area (Å²) in [7, 11) is -1.87. The topological polar surface area (TPSA) is 63.4 Å². The summed E-state index contributed by atoms with van der Waals surface area (Å²) in [5, 5.41) is 0. The van der Waals surface area contributed by atoms with E-state index in [2.05, 4.69) is 29.8 Å². The molecule has 1 aromatic carbocycles. The number of aryl methyl sites for hydroxylation is 1. The van der Waals surface area contributed by atoms with Gasteiger partial charge < -0.3 is 5.73 Å². The van der Waals surface area contributed by atoms with E-state index in [1.54, 1.807) is 13.1 Å². The largest absolute Gasteiger partial charge is 0.326 e. The van der Waals surface area contributed by atoms with Gasteiger partial charge in [0.05, 0.1) is 4.90 Å². The highest BCUT2D eigenvalue weighted by Gasteiger charge is 2.24. The van der Waals surface area contributed by atoms with Crippen LogP contribution >= 0.6 is 15.9 Å². The molecule has 0 fully saturated rings. The average Bonchev–Trinajstić information content (AvgIpc) is 2.38. The van der Waals surface area contributed by atoms with Crippen LogP contribution in [0.3, 0.4) is 0 Å². The van der Waals surface area contributed by atoms with Gasteiger partial charge in [0, 0.05) is 24.6 Å². The van der Waals surface area contributed by atoms with Crippen LogP contribution < -0.4 is 5.73 Å². The Morgan fingerprint density at radius 1 is 1.35 bits per heavy atom. The van der Waals surface area contributed by atoms with Gasteiger partial charge in [-0.05, 0) is 52.4 Å². The minimum Gasteiger partial charge on any atom is -0.326 e. The summed E-state index contributed by atoms with van der Waals surface area (Å²) in [4.78, 5) is 0.296. The average molecular weight is 363 g/mol. The van der Waals surface area contributed by atoms with Crippen LogP contribution in [0.5, 0.6) is 0 Å². The molecule has 0 aliphatic heterocycles. The van der Waals surface area contributed by atoms with Crippen molar-refractivity contribution in [2.24, 2.45) is 11.7 Å². The Labute approximate surface area is 130 Å². The van der Waals surface area contributed by atoms with E-state index in [-0.39, 0.29) is 0 Å². The highest BCUT2D eigenvalue weighted by molar-refractivity contribution is 9.10. The van der Waals surface area contributed by atoms with Crippen LogP contribution in [-0.4, -0.2) is 26.3 Å². The number of sulfonamides is 1. The lowest BCUT2D eigenvalue weighted by atomic mass is 10.1. The highest BCUT2D eigenvalue weighted by atomic mass is 79.9. The molecule has 114 valence electrons. The lowest BCUT2D eigenvalue weighted by molar-refractivity contribution is 0.427. The molecule has 4 nitrogen and oxygen atoms in total. The Bertz CT molecular complexity index is 571. The molecule has 6 heteroatoms. The van der Waals surface area contributed by atoms with Gasteiger partial charge in [-0.15, -0.1) is 0 Å². The normalized spacial score (nSPS) is 12.4. The summed E-state index contributed by atoms with van der Waals surface area (Å²) in [5.41, 5.74) is 7.33. The third-order valence-electron chi connectivity index (χ3n) is 3.23. The number of hydrogen-bond donors (Lipinski definition) is 1. The second-order valence-electron chi connectivity index (χ2n) is 5.44. The maximum Gasteiger partial charge on any atom is 0.243 e. The minimum absolute atomic E-state index is 0.296. The van der Waals surface area contributed by atoms with Crippen molar-refractivity contribution >= 4 is 26.0 Å². The second kappa shape index (κ2) is 7.02. The molecule has 20 heavy (non-hydrogen) atoms. The number of benzene rings is 1. The van der Waals surface area contributed by atoms with Crippen molar-refractivity contribution in [1.82, 2.24) is 4.31 Å². The molecule has 2 N–H and O–H groups in total. The maximum atomic E-state index is 12.6. The fourth-order valence-corrected chi connectivity index (χ4v) is 4.05. The number of hydrogen-bond acceptors (Lipinski definition) is 3. The first-order valence-corrected chi connectivity index (χ1v) is 8.88. The third-order valence-corrected chi connectivity index (χ3v) is 6.42. The quantitative estimate of drug-likeness (QED) is 0.845. The molecule has 0 atom stereocenters. The van der Waals surface area contributed by atoms with E-state index < -0.39 is 10.0 Å². The molecule has 0 spiro atoms. The summed E-state index contributed by atoms with van der Waals surface area (Å²) in [6.45, 7) is 6.87. The fraction of sp³-hybridized carbons (Fsp3) is 0.571. The molecule has 0 unspecified atom stereocenters. The fourth-order valence-electron chi connectivity index (χ4n) is 1.84. The molecule has 0 aromatic heterocycles. The Morgan fingerprint density at radius 3 is 2.45 bits per heavy atom. The van der Waals surface area contributed by atoms with Crippen LogP contribution in [0.25, 0.3) is 0 Å². The molecule has 0 heterocycles. The summed E-state index contributed by atoms with van der Waals surface area (Å²) in [6, 6.07) is 3.55. The monoisotopic (exact) mass is 362 g/mol. The Kier molecular flexibility index (Phi) is 6.19. The van der Waals surface area contributed by atoms with Crippen molar-refractivity contribution in [2.75, 3.05) is 13.6 Å². The van der Waals surface area contributed by atoms with E-state index in [9.17, 15) is 8.42 Å². The Hall–Kier alpha value is -0.430. The standard InChI is InChI=1S/C14H23BrN2O2S/c1-10(2)5-6-17(4)20(18,19)13-8-12(9-16)7-11(3)14(13)15/h7-8,10H,5-6,9,16H2,1-4H3. The first-order chi connectivity index (χ1) is 9.20. The summed E-state index contributed by atoms with van der Waals surface area (Å²) >= 11 is 3.38. The van der Waals surface area contributed by atoms with Crippen molar-refractivity contribution in [3.8, 4) is 0 Å². The van der Waals surface area contributed by atoms with Gasteiger partial charge in [-0.25, -0.2) is 12.7 Å².